The molecule has 0 saturated heterocycles. The number of carbonyl (C=O) groups is 1. The van der Waals surface area contributed by atoms with E-state index in [-0.39, 0.29) is 0 Å². The van der Waals surface area contributed by atoms with Crippen molar-refractivity contribution in [2.75, 3.05) is 7.05 Å². The highest BCUT2D eigenvalue weighted by Crippen LogP contribution is 2.32. The topological polar surface area (TPSA) is 20.3 Å². The third-order valence-electron chi connectivity index (χ3n) is 4.89. The molecule has 18 heavy (non-hydrogen) atoms. The molecule has 0 radical (unpaired) electrons. The molecule has 0 N–H and O–H groups in total. The van der Waals surface area contributed by atoms with Gasteiger partial charge in [-0.3, -0.25) is 4.79 Å². The van der Waals surface area contributed by atoms with Gasteiger partial charge in [0.05, 0.1) is 0 Å². The van der Waals surface area contributed by atoms with E-state index in [2.05, 4.69) is 34.4 Å². The van der Waals surface area contributed by atoms with Crippen LogP contribution in [0.1, 0.15) is 58.3 Å². The van der Waals surface area contributed by atoms with Crippen LogP contribution in [0, 0.1) is 11.8 Å². The number of hydrogen-bond donors (Lipinski definition) is 0. The van der Waals surface area contributed by atoms with Crippen LogP contribution in [0.4, 0.5) is 0 Å². The van der Waals surface area contributed by atoms with Crippen molar-refractivity contribution in [3.05, 3.63) is 0 Å². The first-order chi connectivity index (χ1) is 8.58. The Morgan fingerprint density at radius 2 is 1.56 bits per heavy atom. The predicted molar refractivity (Wildman–Crippen MR) is 84.0 cm³/mol. The molecule has 104 valence electrons. The molecule has 0 unspecified atom stereocenters. The van der Waals surface area contributed by atoms with Gasteiger partial charge >= 0.3 is 0 Å². The van der Waals surface area contributed by atoms with Gasteiger partial charge in [0.25, 0.3) is 0 Å². The standard InChI is InChI=1S/C15H26INO/c1-11-3-9-14(10-4-11)17(2)15(18)12-5-7-13(16)8-6-12/h11-14H,3-10H2,1-2H3. The average molecular weight is 363 g/mol. The predicted octanol–water partition coefficient (Wildman–Crippen LogP) is 4.02. The number of rotatable bonds is 2. The van der Waals surface area contributed by atoms with Crippen molar-refractivity contribution < 1.29 is 4.79 Å². The van der Waals surface area contributed by atoms with E-state index in [1.807, 2.05) is 7.05 Å². The molecule has 0 aliphatic heterocycles. The summed E-state index contributed by atoms with van der Waals surface area (Å²) < 4.78 is 0.799. The van der Waals surface area contributed by atoms with Crippen molar-refractivity contribution in [2.24, 2.45) is 11.8 Å². The van der Waals surface area contributed by atoms with Crippen LogP contribution in [0.3, 0.4) is 0 Å². The van der Waals surface area contributed by atoms with Crippen LogP contribution >= 0.6 is 22.6 Å². The lowest BCUT2D eigenvalue weighted by atomic mass is 9.84. The molecule has 2 rings (SSSR count). The fourth-order valence-electron chi connectivity index (χ4n) is 3.40. The summed E-state index contributed by atoms with van der Waals surface area (Å²) in [5.41, 5.74) is 0. The molecule has 3 heteroatoms. The molecule has 0 aromatic rings. The van der Waals surface area contributed by atoms with Gasteiger partial charge in [-0.15, -0.1) is 0 Å². The Bertz CT molecular complexity index is 278. The summed E-state index contributed by atoms with van der Waals surface area (Å²) in [7, 11) is 2.04. The lowest BCUT2D eigenvalue weighted by Gasteiger charge is -2.36. The molecule has 1 amide bonds. The van der Waals surface area contributed by atoms with Crippen molar-refractivity contribution in [3.63, 3.8) is 0 Å². The summed E-state index contributed by atoms with van der Waals surface area (Å²) in [6.45, 7) is 2.33. The minimum absolute atomic E-state index is 0.320. The molecular weight excluding hydrogens is 337 g/mol. The minimum atomic E-state index is 0.320. The molecule has 2 aliphatic rings. The first-order valence-corrected chi connectivity index (χ1v) is 8.73. The van der Waals surface area contributed by atoms with E-state index in [1.165, 1.54) is 38.5 Å². The molecule has 0 atom stereocenters. The third-order valence-corrected chi connectivity index (χ3v) is 6.13. The number of amides is 1. The van der Waals surface area contributed by atoms with Crippen LogP contribution in [-0.4, -0.2) is 27.8 Å². The van der Waals surface area contributed by atoms with E-state index in [9.17, 15) is 4.79 Å². The van der Waals surface area contributed by atoms with E-state index >= 15 is 0 Å². The van der Waals surface area contributed by atoms with Crippen LogP contribution in [0.2, 0.25) is 0 Å². The zero-order chi connectivity index (χ0) is 13.1. The van der Waals surface area contributed by atoms with Gasteiger partial charge in [0, 0.05) is 22.9 Å². The van der Waals surface area contributed by atoms with Gasteiger partial charge in [0.2, 0.25) is 5.91 Å². The summed E-state index contributed by atoms with van der Waals surface area (Å²) in [5, 5.41) is 0. The van der Waals surface area contributed by atoms with Gasteiger partial charge in [0.15, 0.2) is 0 Å². The van der Waals surface area contributed by atoms with Crippen LogP contribution in [0.25, 0.3) is 0 Å². The van der Waals surface area contributed by atoms with E-state index in [0.29, 0.717) is 17.9 Å². The number of carbonyl (C=O) groups excluding carboxylic acids is 1. The Labute approximate surface area is 125 Å². The highest BCUT2D eigenvalue weighted by Gasteiger charge is 2.31. The van der Waals surface area contributed by atoms with Crippen molar-refractivity contribution in [1.82, 2.24) is 4.90 Å². The molecule has 2 nitrogen and oxygen atoms in total. The molecular formula is C15H26INO. The first-order valence-electron chi connectivity index (χ1n) is 7.48. The summed E-state index contributed by atoms with van der Waals surface area (Å²) >= 11 is 2.53. The van der Waals surface area contributed by atoms with Crippen molar-refractivity contribution >= 4 is 28.5 Å². The largest absolute Gasteiger partial charge is 0.343 e. The summed E-state index contributed by atoms with van der Waals surface area (Å²) in [4.78, 5) is 14.6. The Morgan fingerprint density at radius 3 is 2.11 bits per heavy atom. The van der Waals surface area contributed by atoms with E-state index < -0.39 is 0 Å². The first kappa shape index (κ1) is 14.6. The molecule has 0 spiro atoms. The minimum Gasteiger partial charge on any atom is -0.343 e. The lowest BCUT2D eigenvalue weighted by molar-refractivity contribution is -0.138. The summed E-state index contributed by atoms with van der Waals surface area (Å²) in [6, 6.07) is 0.519. The summed E-state index contributed by atoms with van der Waals surface area (Å²) in [5.74, 6) is 1.61. The highest BCUT2D eigenvalue weighted by molar-refractivity contribution is 14.1. The fraction of sp³-hybridized carbons (Fsp3) is 0.933. The maximum Gasteiger partial charge on any atom is 0.225 e. The number of alkyl halides is 1. The quantitative estimate of drug-likeness (QED) is 0.536. The Kier molecular flexibility index (Phi) is 5.34. The van der Waals surface area contributed by atoms with E-state index in [0.717, 1.165) is 22.7 Å². The third kappa shape index (κ3) is 3.61. The molecule has 0 aromatic carbocycles. The Morgan fingerprint density at radius 1 is 1.00 bits per heavy atom. The van der Waals surface area contributed by atoms with Crippen molar-refractivity contribution in [3.8, 4) is 0 Å². The van der Waals surface area contributed by atoms with Crippen molar-refractivity contribution in [2.45, 2.75) is 68.3 Å². The SMILES string of the molecule is CC1CCC(N(C)C(=O)C2CCC(I)CC2)CC1. The second-order valence-electron chi connectivity index (χ2n) is 6.31. The highest BCUT2D eigenvalue weighted by atomic mass is 127. The number of hydrogen-bond acceptors (Lipinski definition) is 1. The zero-order valence-electron chi connectivity index (χ0n) is 11.7. The number of halogens is 1. The maximum absolute atomic E-state index is 12.5. The molecule has 0 heterocycles. The second-order valence-corrected chi connectivity index (χ2v) is 8.07. The lowest BCUT2D eigenvalue weighted by Crippen LogP contribution is -2.43. The van der Waals surface area contributed by atoms with Gasteiger partial charge in [-0.2, -0.15) is 0 Å². The molecule has 2 saturated carbocycles. The van der Waals surface area contributed by atoms with Crippen LogP contribution < -0.4 is 0 Å². The monoisotopic (exact) mass is 363 g/mol. The zero-order valence-corrected chi connectivity index (χ0v) is 13.9. The van der Waals surface area contributed by atoms with Crippen LogP contribution in [0.15, 0.2) is 0 Å². The van der Waals surface area contributed by atoms with Crippen LogP contribution in [-0.2, 0) is 4.79 Å². The number of nitrogens with zero attached hydrogens (tertiary/aromatic N) is 1. The Hall–Kier alpha value is 0.200. The van der Waals surface area contributed by atoms with Crippen molar-refractivity contribution in [1.29, 1.82) is 0 Å². The van der Waals surface area contributed by atoms with Gasteiger partial charge in [-0.05, 0) is 57.3 Å². The van der Waals surface area contributed by atoms with Gasteiger partial charge in [0.1, 0.15) is 0 Å². The molecule has 0 bridgehead atoms. The molecule has 0 aromatic heterocycles. The normalized spacial score (nSPS) is 37.3. The van der Waals surface area contributed by atoms with E-state index in [4.69, 9.17) is 0 Å². The van der Waals surface area contributed by atoms with E-state index in [1.54, 1.807) is 0 Å². The fourth-order valence-corrected chi connectivity index (χ4v) is 4.12. The average Bonchev–Trinajstić information content (AvgIpc) is 2.39. The Balaban J connectivity index is 1.84. The smallest absolute Gasteiger partial charge is 0.225 e. The van der Waals surface area contributed by atoms with Gasteiger partial charge in [-0.1, -0.05) is 29.5 Å². The summed E-state index contributed by atoms with van der Waals surface area (Å²) in [6.07, 6.45) is 9.69. The van der Waals surface area contributed by atoms with Gasteiger partial charge < -0.3 is 4.90 Å². The molecule has 2 aliphatic carbocycles. The maximum atomic E-state index is 12.5. The van der Waals surface area contributed by atoms with Crippen LogP contribution in [0.5, 0.6) is 0 Å². The molecule has 2 fully saturated rings. The van der Waals surface area contributed by atoms with Gasteiger partial charge in [-0.25, -0.2) is 0 Å². The second kappa shape index (κ2) is 6.58.